The summed E-state index contributed by atoms with van der Waals surface area (Å²) in [4.78, 5) is 0. The summed E-state index contributed by atoms with van der Waals surface area (Å²) < 4.78 is 0.321. The average Bonchev–Trinajstić information content (AvgIpc) is 2.26. The molecule has 0 fully saturated rings. The number of fused-ring (bicyclic) bond motifs is 1. The summed E-state index contributed by atoms with van der Waals surface area (Å²) in [6, 6.07) is 4.75. The van der Waals surface area contributed by atoms with Crippen LogP contribution in [0.25, 0.3) is 12.2 Å². The van der Waals surface area contributed by atoms with Gasteiger partial charge in [0.15, 0.2) is 0 Å². The molecule has 1 heteroatoms. The monoisotopic (exact) mass is 368 g/mol. The van der Waals surface area contributed by atoms with Crippen LogP contribution in [0.3, 0.4) is 0 Å². The van der Waals surface area contributed by atoms with Crippen molar-refractivity contribution in [3.05, 3.63) is 33.7 Å². The third-order valence-corrected chi connectivity index (χ3v) is 4.93. The Morgan fingerprint density at radius 1 is 1.11 bits per heavy atom. The molecule has 2 rings (SSSR count). The zero-order valence-corrected chi connectivity index (χ0v) is 15.1. The van der Waals surface area contributed by atoms with Crippen molar-refractivity contribution >= 4 is 34.7 Å². The highest BCUT2D eigenvalue weighted by molar-refractivity contribution is 14.1. The maximum absolute atomic E-state index is 2.57. The zero-order valence-electron chi connectivity index (χ0n) is 13.0. The normalized spacial score (nSPS) is 19.4. The van der Waals surface area contributed by atoms with Gasteiger partial charge in [-0.3, -0.25) is 0 Å². The third kappa shape index (κ3) is 3.24. The van der Waals surface area contributed by atoms with Crippen LogP contribution < -0.4 is 10.4 Å². The number of aryl methyl sites for hydroxylation is 1. The molecule has 0 aromatic heterocycles. The maximum Gasteiger partial charge on any atom is 0.0231 e. The molecular weight excluding hydrogens is 343 g/mol. The van der Waals surface area contributed by atoms with E-state index in [9.17, 15) is 0 Å². The molecule has 0 N–H and O–H groups in total. The van der Waals surface area contributed by atoms with Crippen LogP contribution in [0.1, 0.15) is 52.2 Å². The molecule has 0 nitrogen and oxygen atoms in total. The fourth-order valence-corrected chi connectivity index (χ4v) is 3.09. The standard InChI is InChI=1S/C18H25I/c1-12-9-15(17(2,3)4)10-13-7-8-14(11-16(12)13)18(5,6)19/h7,9-11,14H,8H2,1-6H3/t14-/m0/s1. The Labute approximate surface area is 131 Å². The van der Waals surface area contributed by atoms with E-state index in [0.29, 0.717) is 9.34 Å². The second-order valence-corrected chi connectivity index (χ2v) is 10.1. The van der Waals surface area contributed by atoms with Crippen LogP contribution in [0.2, 0.25) is 0 Å². The van der Waals surface area contributed by atoms with E-state index in [1.54, 1.807) is 0 Å². The highest BCUT2D eigenvalue weighted by Gasteiger charge is 2.25. The van der Waals surface area contributed by atoms with Gasteiger partial charge in [0.25, 0.3) is 0 Å². The molecule has 1 aliphatic carbocycles. The smallest absolute Gasteiger partial charge is 0.0231 e. The Balaban J connectivity index is 2.60. The summed E-state index contributed by atoms with van der Waals surface area (Å²) in [6.07, 6.45) is 6.09. The summed E-state index contributed by atoms with van der Waals surface area (Å²) in [5, 5.41) is 2.89. The van der Waals surface area contributed by atoms with Crippen molar-refractivity contribution in [1.29, 1.82) is 0 Å². The van der Waals surface area contributed by atoms with E-state index in [1.807, 2.05) is 0 Å². The number of halogens is 1. The van der Waals surface area contributed by atoms with Gasteiger partial charge >= 0.3 is 0 Å². The van der Waals surface area contributed by atoms with E-state index >= 15 is 0 Å². The Morgan fingerprint density at radius 3 is 2.26 bits per heavy atom. The van der Waals surface area contributed by atoms with Gasteiger partial charge in [-0.1, -0.05) is 81.5 Å². The van der Waals surface area contributed by atoms with Gasteiger partial charge in [0.1, 0.15) is 0 Å². The Morgan fingerprint density at radius 2 is 1.74 bits per heavy atom. The number of benzene rings is 1. The van der Waals surface area contributed by atoms with Crippen molar-refractivity contribution in [3.63, 3.8) is 0 Å². The van der Waals surface area contributed by atoms with E-state index in [2.05, 4.69) is 88.4 Å². The molecule has 0 heterocycles. The van der Waals surface area contributed by atoms with Gasteiger partial charge in [0.2, 0.25) is 0 Å². The average molecular weight is 368 g/mol. The van der Waals surface area contributed by atoms with Crippen LogP contribution in [0, 0.1) is 12.8 Å². The van der Waals surface area contributed by atoms with Crippen LogP contribution in [-0.2, 0) is 5.41 Å². The molecule has 1 aromatic rings. The molecule has 0 amide bonds. The second kappa shape index (κ2) is 4.91. The highest BCUT2D eigenvalue weighted by atomic mass is 127. The lowest BCUT2D eigenvalue weighted by molar-refractivity contribution is 0.572. The maximum atomic E-state index is 2.57. The Hall–Kier alpha value is -0.310. The van der Waals surface area contributed by atoms with Crippen molar-refractivity contribution in [2.24, 2.45) is 5.92 Å². The largest absolute Gasteiger partial charge is 0.0788 e. The minimum atomic E-state index is 0.229. The van der Waals surface area contributed by atoms with Crippen molar-refractivity contribution in [1.82, 2.24) is 0 Å². The lowest BCUT2D eigenvalue weighted by atomic mass is 9.82. The van der Waals surface area contributed by atoms with Gasteiger partial charge in [-0.15, -0.1) is 0 Å². The fourth-order valence-electron chi connectivity index (χ4n) is 2.66. The Kier molecular flexibility index (Phi) is 3.90. The van der Waals surface area contributed by atoms with Crippen LogP contribution in [0.4, 0.5) is 0 Å². The SMILES string of the molecule is Cc1cc(C(C)(C)C)cc2c1=C[C@@H](C(C)(C)I)CC=2. The second-order valence-electron chi connectivity index (χ2n) is 7.32. The zero-order chi connectivity index (χ0) is 14.4. The van der Waals surface area contributed by atoms with Crippen molar-refractivity contribution in [2.75, 3.05) is 0 Å². The van der Waals surface area contributed by atoms with Crippen LogP contribution in [0.15, 0.2) is 12.1 Å². The van der Waals surface area contributed by atoms with Crippen LogP contribution in [0.5, 0.6) is 0 Å². The molecule has 0 radical (unpaired) electrons. The summed E-state index contributed by atoms with van der Waals surface area (Å²) in [6.45, 7) is 13.8. The van der Waals surface area contributed by atoms with Gasteiger partial charge in [0.05, 0.1) is 0 Å². The van der Waals surface area contributed by atoms with E-state index in [0.717, 1.165) is 6.42 Å². The molecule has 1 aliphatic rings. The van der Waals surface area contributed by atoms with Crippen LogP contribution >= 0.6 is 22.6 Å². The first kappa shape index (κ1) is 15.1. The minimum absolute atomic E-state index is 0.229. The predicted octanol–water partition coefficient (Wildman–Crippen LogP) is 4.09. The quantitative estimate of drug-likeness (QED) is 0.518. The van der Waals surface area contributed by atoms with Gasteiger partial charge < -0.3 is 0 Å². The highest BCUT2D eigenvalue weighted by Crippen LogP contribution is 2.32. The summed E-state index contributed by atoms with van der Waals surface area (Å²) in [5.41, 5.74) is 3.09. The molecule has 104 valence electrons. The summed E-state index contributed by atoms with van der Waals surface area (Å²) in [5.74, 6) is 0.639. The predicted molar refractivity (Wildman–Crippen MR) is 94.3 cm³/mol. The molecule has 0 aliphatic heterocycles. The van der Waals surface area contributed by atoms with Gasteiger partial charge in [-0.2, -0.15) is 0 Å². The number of hydrogen-bond donors (Lipinski definition) is 0. The number of rotatable bonds is 1. The lowest BCUT2D eigenvalue weighted by Gasteiger charge is -2.28. The van der Waals surface area contributed by atoms with E-state index in [1.165, 1.54) is 21.6 Å². The molecule has 0 saturated heterocycles. The number of hydrogen-bond acceptors (Lipinski definition) is 0. The molecular formula is C18H25I. The van der Waals surface area contributed by atoms with Gasteiger partial charge in [0, 0.05) is 3.42 Å². The van der Waals surface area contributed by atoms with E-state index in [4.69, 9.17) is 0 Å². The van der Waals surface area contributed by atoms with Gasteiger partial charge in [-0.05, 0) is 46.2 Å². The third-order valence-electron chi connectivity index (χ3n) is 4.13. The fraction of sp³-hybridized carbons (Fsp3) is 0.556. The first-order valence-electron chi connectivity index (χ1n) is 7.11. The number of alkyl halides is 1. The summed E-state index contributed by atoms with van der Waals surface area (Å²) in [7, 11) is 0. The van der Waals surface area contributed by atoms with Crippen molar-refractivity contribution in [2.45, 2.75) is 56.8 Å². The summed E-state index contributed by atoms with van der Waals surface area (Å²) >= 11 is 2.57. The molecule has 0 saturated carbocycles. The molecule has 19 heavy (non-hydrogen) atoms. The van der Waals surface area contributed by atoms with Gasteiger partial charge in [-0.25, -0.2) is 0 Å². The van der Waals surface area contributed by atoms with Crippen molar-refractivity contribution in [3.8, 4) is 0 Å². The van der Waals surface area contributed by atoms with Crippen LogP contribution in [-0.4, -0.2) is 3.42 Å². The molecule has 0 unspecified atom stereocenters. The minimum Gasteiger partial charge on any atom is -0.0788 e. The molecule has 0 spiro atoms. The first-order valence-corrected chi connectivity index (χ1v) is 8.19. The first-order chi connectivity index (χ1) is 8.59. The molecule has 1 aromatic carbocycles. The van der Waals surface area contributed by atoms with E-state index in [-0.39, 0.29) is 5.41 Å². The van der Waals surface area contributed by atoms with E-state index < -0.39 is 0 Å². The van der Waals surface area contributed by atoms with Crippen molar-refractivity contribution < 1.29 is 0 Å². The molecule has 1 atom stereocenters. The molecule has 0 bridgehead atoms. The topological polar surface area (TPSA) is 0 Å². The lowest BCUT2D eigenvalue weighted by Crippen LogP contribution is -2.37. The Bertz CT molecular complexity index is 594.